The molecule has 0 saturated carbocycles. The fourth-order valence-electron chi connectivity index (χ4n) is 1.80. The molecule has 0 aliphatic heterocycles. The number of fused-ring (bicyclic) bond motifs is 1. The Hall–Kier alpha value is -2.68. The van der Waals surface area contributed by atoms with E-state index in [0.717, 1.165) is 5.56 Å². The van der Waals surface area contributed by atoms with Crippen molar-refractivity contribution in [1.29, 1.82) is 0 Å². The number of hydrogen-bond donors (Lipinski definition) is 1. The Morgan fingerprint density at radius 3 is 2.86 bits per heavy atom. The molecule has 22 heavy (non-hydrogen) atoms. The van der Waals surface area contributed by atoms with Gasteiger partial charge in [0.2, 0.25) is 11.9 Å². The Labute approximate surface area is 129 Å². The number of rotatable bonds is 4. The zero-order valence-electron chi connectivity index (χ0n) is 11.5. The zero-order valence-corrected chi connectivity index (χ0v) is 12.3. The Bertz CT molecular complexity index is 821. The van der Waals surface area contributed by atoms with Crippen LogP contribution in [-0.4, -0.2) is 21.0 Å². The zero-order chi connectivity index (χ0) is 15.5. The summed E-state index contributed by atoms with van der Waals surface area (Å²) in [6.45, 7) is 1.35. The molecule has 0 aliphatic rings. The SMILES string of the molecule is CC(=O)Nc1nc(SCc2ccccc2)c2c(no[n+]2[O-])n1. The standard InChI is InChI=1S/C13H11N5O3S/c1-8(19)14-13-15-11-10(18(20)21-17-11)12(16-13)22-7-9-5-3-2-4-6-9/h2-6H,7H2,1H3,(H,14,15,17,19). The van der Waals surface area contributed by atoms with Crippen molar-refractivity contribution in [3.8, 4) is 0 Å². The number of anilines is 1. The van der Waals surface area contributed by atoms with Crippen LogP contribution in [0.1, 0.15) is 12.5 Å². The minimum absolute atomic E-state index is 0.0875. The molecule has 0 saturated heterocycles. The van der Waals surface area contributed by atoms with Crippen LogP contribution in [0.25, 0.3) is 11.2 Å². The van der Waals surface area contributed by atoms with Gasteiger partial charge in [0.05, 0.1) is 5.16 Å². The first-order valence-corrected chi connectivity index (χ1v) is 7.34. The van der Waals surface area contributed by atoms with Gasteiger partial charge in [0.1, 0.15) is 0 Å². The average Bonchev–Trinajstić information content (AvgIpc) is 2.87. The maximum atomic E-state index is 11.7. The molecule has 0 spiro atoms. The van der Waals surface area contributed by atoms with Gasteiger partial charge >= 0.3 is 5.65 Å². The van der Waals surface area contributed by atoms with E-state index >= 15 is 0 Å². The molecule has 2 aromatic heterocycles. The summed E-state index contributed by atoms with van der Waals surface area (Å²) in [7, 11) is 0. The number of benzene rings is 1. The number of hydrogen-bond acceptors (Lipinski definition) is 7. The second kappa shape index (κ2) is 5.98. The minimum atomic E-state index is -0.308. The van der Waals surface area contributed by atoms with Crippen LogP contribution in [0.4, 0.5) is 5.95 Å². The van der Waals surface area contributed by atoms with Crippen LogP contribution in [-0.2, 0) is 10.5 Å². The topological polar surface area (TPSA) is 108 Å². The maximum Gasteiger partial charge on any atom is 0.346 e. The number of nitrogens with one attached hydrogen (secondary N) is 1. The summed E-state index contributed by atoms with van der Waals surface area (Å²) in [6, 6.07) is 9.73. The molecular weight excluding hydrogens is 306 g/mol. The van der Waals surface area contributed by atoms with Crippen molar-refractivity contribution < 1.29 is 14.3 Å². The predicted octanol–water partition coefficient (Wildman–Crippen LogP) is 1.50. The van der Waals surface area contributed by atoms with Crippen molar-refractivity contribution in [2.45, 2.75) is 17.7 Å². The van der Waals surface area contributed by atoms with Gasteiger partial charge in [-0.05, 0) is 10.5 Å². The summed E-state index contributed by atoms with van der Waals surface area (Å²) < 4.78 is 4.55. The van der Waals surface area contributed by atoms with Crippen LogP contribution in [0.5, 0.6) is 0 Å². The quantitative estimate of drug-likeness (QED) is 0.441. The first-order chi connectivity index (χ1) is 10.6. The van der Waals surface area contributed by atoms with Gasteiger partial charge in [-0.25, -0.2) is 4.98 Å². The van der Waals surface area contributed by atoms with E-state index in [-0.39, 0.29) is 27.9 Å². The molecule has 3 aromatic rings. The molecule has 0 radical (unpaired) electrons. The fourth-order valence-corrected chi connectivity index (χ4v) is 2.75. The van der Waals surface area contributed by atoms with E-state index < -0.39 is 0 Å². The molecular formula is C13H11N5O3S. The lowest BCUT2D eigenvalue weighted by atomic mass is 10.2. The number of amides is 1. The highest BCUT2D eigenvalue weighted by molar-refractivity contribution is 7.98. The molecule has 1 aromatic carbocycles. The third-order valence-corrected chi connectivity index (χ3v) is 3.76. The van der Waals surface area contributed by atoms with Crippen molar-refractivity contribution >= 4 is 34.8 Å². The van der Waals surface area contributed by atoms with Crippen molar-refractivity contribution in [2.24, 2.45) is 0 Å². The van der Waals surface area contributed by atoms with Crippen LogP contribution < -0.4 is 10.2 Å². The third-order valence-electron chi connectivity index (χ3n) is 2.72. The number of thioether (sulfide) groups is 1. The van der Waals surface area contributed by atoms with Gasteiger partial charge in [0, 0.05) is 12.7 Å². The molecule has 0 aliphatic carbocycles. The van der Waals surface area contributed by atoms with Gasteiger partial charge in [-0.3, -0.25) is 14.7 Å². The molecule has 112 valence electrons. The van der Waals surface area contributed by atoms with Gasteiger partial charge in [-0.15, -0.1) is 0 Å². The van der Waals surface area contributed by atoms with E-state index in [0.29, 0.717) is 10.8 Å². The summed E-state index contributed by atoms with van der Waals surface area (Å²) in [6.07, 6.45) is 0. The van der Waals surface area contributed by atoms with E-state index in [1.165, 1.54) is 18.7 Å². The lowest BCUT2D eigenvalue weighted by Gasteiger charge is -2.03. The molecule has 2 heterocycles. The Morgan fingerprint density at radius 2 is 2.14 bits per heavy atom. The van der Waals surface area contributed by atoms with E-state index in [9.17, 15) is 10.0 Å². The van der Waals surface area contributed by atoms with Crippen LogP contribution in [0.15, 0.2) is 40.0 Å². The summed E-state index contributed by atoms with van der Waals surface area (Å²) in [4.78, 5) is 19.6. The molecule has 0 atom stereocenters. The van der Waals surface area contributed by atoms with Crippen molar-refractivity contribution in [1.82, 2.24) is 15.1 Å². The second-order valence-electron chi connectivity index (χ2n) is 4.41. The molecule has 0 fully saturated rings. The Kier molecular flexibility index (Phi) is 3.88. The summed E-state index contributed by atoms with van der Waals surface area (Å²) >= 11 is 1.34. The molecule has 3 rings (SSSR count). The Balaban J connectivity index is 1.95. The smallest absolute Gasteiger partial charge is 0.346 e. The average molecular weight is 317 g/mol. The third kappa shape index (κ3) is 2.98. The predicted molar refractivity (Wildman–Crippen MR) is 78.9 cm³/mol. The molecule has 0 bridgehead atoms. The van der Waals surface area contributed by atoms with Crippen molar-refractivity contribution in [3.63, 3.8) is 0 Å². The highest BCUT2D eigenvalue weighted by Gasteiger charge is 2.20. The lowest BCUT2D eigenvalue weighted by Crippen LogP contribution is -2.24. The largest absolute Gasteiger partial charge is 0.359 e. The fraction of sp³-hybridized carbons (Fsp3) is 0.154. The van der Waals surface area contributed by atoms with Gasteiger partial charge in [0.25, 0.3) is 5.52 Å². The number of carbonyl (C=O) groups is 1. The summed E-state index contributed by atoms with van der Waals surface area (Å²) in [5.41, 5.74) is 1.33. The monoisotopic (exact) mass is 317 g/mol. The van der Waals surface area contributed by atoms with E-state index in [1.54, 1.807) is 0 Å². The lowest BCUT2D eigenvalue weighted by molar-refractivity contribution is -0.783. The number of carbonyl (C=O) groups excluding carboxylic acids is 1. The molecule has 1 amide bonds. The van der Waals surface area contributed by atoms with Gasteiger partial charge in [0.15, 0.2) is 5.03 Å². The number of nitrogens with zero attached hydrogens (tertiary/aromatic N) is 4. The van der Waals surface area contributed by atoms with Crippen LogP contribution in [0.2, 0.25) is 0 Å². The molecule has 1 N–H and O–H groups in total. The van der Waals surface area contributed by atoms with Crippen molar-refractivity contribution in [3.05, 3.63) is 41.1 Å². The van der Waals surface area contributed by atoms with Crippen LogP contribution in [0, 0.1) is 5.21 Å². The van der Waals surface area contributed by atoms with E-state index in [4.69, 9.17) is 0 Å². The van der Waals surface area contributed by atoms with Gasteiger partial charge < -0.3 is 5.21 Å². The first-order valence-electron chi connectivity index (χ1n) is 6.35. The van der Waals surface area contributed by atoms with Crippen molar-refractivity contribution in [2.75, 3.05) is 5.32 Å². The Morgan fingerprint density at radius 1 is 1.36 bits per heavy atom. The summed E-state index contributed by atoms with van der Waals surface area (Å²) in [5.74, 6) is 0.388. The molecule has 0 unspecified atom stereocenters. The van der Waals surface area contributed by atoms with Crippen LogP contribution in [0.3, 0.4) is 0 Å². The number of aromatic nitrogens is 4. The highest BCUT2D eigenvalue weighted by atomic mass is 32.2. The summed E-state index contributed by atoms with van der Waals surface area (Å²) in [5, 5.41) is 18.1. The second-order valence-corrected chi connectivity index (χ2v) is 5.37. The molecule has 8 nitrogen and oxygen atoms in total. The van der Waals surface area contributed by atoms with E-state index in [2.05, 4.69) is 25.1 Å². The minimum Gasteiger partial charge on any atom is -0.359 e. The maximum absolute atomic E-state index is 11.7. The van der Waals surface area contributed by atoms with Gasteiger partial charge in [-0.1, -0.05) is 42.1 Å². The van der Waals surface area contributed by atoms with Gasteiger partial charge in [-0.2, -0.15) is 4.98 Å². The molecule has 9 heteroatoms. The van der Waals surface area contributed by atoms with E-state index in [1.807, 2.05) is 30.3 Å². The van der Waals surface area contributed by atoms with Crippen LogP contribution >= 0.6 is 11.8 Å². The highest BCUT2D eigenvalue weighted by Crippen LogP contribution is 2.26. The normalized spacial score (nSPS) is 10.8. The first kappa shape index (κ1) is 14.3.